The minimum Gasteiger partial charge on any atom is -0.350 e. The first-order valence-electron chi connectivity index (χ1n) is 6.36. The number of carbonyl (C=O) groups is 1. The number of nitrogens with two attached hydrogens (primary N) is 1. The van der Waals surface area contributed by atoms with Crippen molar-refractivity contribution in [3.05, 3.63) is 22.7 Å². The largest absolute Gasteiger partial charge is 0.350 e. The number of carbonyl (C=O) groups excluding carboxylic acids is 1. The van der Waals surface area contributed by atoms with Crippen LogP contribution in [0.25, 0.3) is 11.4 Å². The molecule has 0 fully saturated rings. The predicted molar refractivity (Wildman–Crippen MR) is 84.5 cm³/mol. The van der Waals surface area contributed by atoms with Gasteiger partial charge in [-0.1, -0.05) is 5.16 Å². The SMILES string of the molecule is CC(C)(CN)NC(=O)CCc1nc(-c2ccsc2)no1.Cl. The van der Waals surface area contributed by atoms with Crippen LogP contribution in [0.15, 0.2) is 21.3 Å². The summed E-state index contributed by atoms with van der Waals surface area (Å²) in [6.07, 6.45) is 0.721. The molecular weight excluding hydrogens is 312 g/mol. The molecule has 1 amide bonds. The number of hydrogen-bond acceptors (Lipinski definition) is 6. The smallest absolute Gasteiger partial charge is 0.227 e. The normalized spacial score (nSPS) is 11.0. The van der Waals surface area contributed by atoms with Crippen molar-refractivity contribution in [2.75, 3.05) is 6.54 Å². The highest BCUT2D eigenvalue weighted by molar-refractivity contribution is 7.08. The molecule has 6 nitrogen and oxygen atoms in total. The molecule has 0 aliphatic carbocycles. The van der Waals surface area contributed by atoms with Gasteiger partial charge in [-0.25, -0.2) is 0 Å². The van der Waals surface area contributed by atoms with E-state index in [9.17, 15) is 4.79 Å². The van der Waals surface area contributed by atoms with Gasteiger partial charge in [-0.15, -0.1) is 12.4 Å². The number of aryl methyl sites for hydroxylation is 1. The molecular formula is C13H19ClN4O2S. The molecule has 0 aromatic carbocycles. The molecule has 2 aromatic rings. The third-order valence-corrected chi connectivity index (χ3v) is 3.48. The summed E-state index contributed by atoms with van der Waals surface area (Å²) >= 11 is 1.57. The van der Waals surface area contributed by atoms with Gasteiger partial charge in [0.25, 0.3) is 0 Å². The van der Waals surface area contributed by atoms with Gasteiger partial charge in [0.2, 0.25) is 17.6 Å². The summed E-state index contributed by atoms with van der Waals surface area (Å²) in [6, 6.07) is 1.93. The maximum absolute atomic E-state index is 11.8. The van der Waals surface area contributed by atoms with E-state index in [0.717, 1.165) is 5.56 Å². The maximum atomic E-state index is 11.8. The summed E-state index contributed by atoms with van der Waals surface area (Å²) in [5.74, 6) is 0.951. The standard InChI is InChI=1S/C13H18N4O2S.ClH/c1-13(2,8-14)16-10(18)3-4-11-15-12(17-19-11)9-5-6-20-7-9;/h5-7H,3-4,8,14H2,1-2H3,(H,16,18);1H. The highest BCUT2D eigenvalue weighted by atomic mass is 35.5. The van der Waals surface area contributed by atoms with E-state index in [-0.39, 0.29) is 18.3 Å². The number of amides is 1. The summed E-state index contributed by atoms with van der Waals surface area (Å²) < 4.78 is 5.13. The van der Waals surface area contributed by atoms with Crippen molar-refractivity contribution in [3.8, 4) is 11.4 Å². The Labute approximate surface area is 133 Å². The molecule has 8 heteroatoms. The van der Waals surface area contributed by atoms with Gasteiger partial charge in [-0.2, -0.15) is 16.3 Å². The Morgan fingerprint density at radius 2 is 2.29 bits per heavy atom. The first kappa shape index (κ1) is 17.6. The first-order chi connectivity index (χ1) is 9.50. The lowest BCUT2D eigenvalue weighted by atomic mass is 10.1. The fourth-order valence-corrected chi connectivity index (χ4v) is 2.21. The number of aromatic nitrogens is 2. The van der Waals surface area contributed by atoms with Crippen LogP contribution in [-0.4, -0.2) is 28.1 Å². The van der Waals surface area contributed by atoms with E-state index in [0.29, 0.717) is 31.1 Å². The lowest BCUT2D eigenvalue weighted by molar-refractivity contribution is -0.122. The Kier molecular flexibility index (Phi) is 6.32. The van der Waals surface area contributed by atoms with Crippen molar-refractivity contribution in [3.63, 3.8) is 0 Å². The molecule has 2 heterocycles. The zero-order valence-corrected chi connectivity index (χ0v) is 13.6. The fourth-order valence-electron chi connectivity index (χ4n) is 1.58. The van der Waals surface area contributed by atoms with E-state index in [4.69, 9.17) is 10.3 Å². The second-order valence-electron chi connectivity index (χ2n) is 5.16. The minimum atomic E-state index is -0.395. The summed E-state index contributed by atoms with van der Waals surface area (Å²) in [5, 5.41) is 10.7. The van der Waals surface area contributed by atoms with Gasteiger partial charge in [0.1, 0.15) is 0 Å². The van der Waals surface area contributed by atoms with Crippen molar-refractivity contribution in [2.24, 2.45) is 5.73 Å². The topological polar surface area (TPSA) is 94.0 Å². The Morgan fingerprint density at radius 1 is 1.52 bits per heavy atom. The van der Waals surface area contributed by atoms with Crippen LogP contribution in [-0.2, 0) is 11.2 Å². The molecule has 0 atom stereocenters. The lowest BCUT2D eigenvalue weighted by Gasteiger charge is -2.23. The zero-order chi connectivity index (χ0) is 14.6. The summed E-state index contributed by atoms with van der Waals surface area (Å²) in [5.41, 5.74) is 6.10. The minimum absolute atomic E-state index is 0. The molecule has 0 aliphatic rings. The van der Waals surface area contributed by atoms with Crippen LogP contribution in [0.1, 0.15) is 26.2 Å². The maximum Gasteiger partial charge on any atom is 0.227 e. The van der Waals surface area contributed by atoms with Crippen LogP contribution in [0, 0.1) is 0 Å². The van der Waals surface area contributed by atoms with Gasteiger partial charge < -0.3 is 15.6 Å². The number of halogens is 1. The quantitative estimate of drug-likeness (QED) is 0.845. The van der Waals surface area contributed by atoms with Crippen LogP contribution >= 0.6 is 23.7 Å². The van der Waals surface area contributed by atoms with Gasteiger partial charge in [-0.05, 0) is 25.3 Å². The number of thiophene rings is 1. The Bertz CT molecular complexity index is 568. The summed E-state index contributed by atoms with van der Waals surface area (Å²) in [6.45, 7) is 4.15. The van der Waals surface area contributed by atoms with E-state index in [1.165, 1.54) is 0 Å². The van der Waals surface area contributed by atoms with E-state index in [1.54, 1.807) is 11.3 Å². The predicted octanol–water partition coefficient (Wildman–Crippen LogP) is 2.01. The molecule has 0 saturated heterocycles. The number of nitrogens with zero attached hydrogens (tertiary/aromatic N) is 2. The van der Waals surface area contributed by atoms with Crippen LogP contribution in [0.2, 0.25) is 0 Å². The average molecular weight is 331 g/mol. The number of nitrogens with one attached hydrogen (secondary N) is 1. The summed E-state index contributed by atoms with van der Waals surface area (Å²) in [4.78, 5) is 16.0. The highest BCUT2D eigenvalue weighted by Crippen LogP contribution is 2.18. The lowest BCUT2D eigenvalue weighted by Crippen LogP contribution is -2.48. The number of rotatable bonds is 6. The Balaban J connectivity index is 0.00000220. The second-order valence-corrected chi connectivity index (χ2v) is 5.94. The monoisotopic (exact) mass is 330 g/mol. The van der Waals surface area contributed by atoms with Crippen molar-refractivity contribution >= 4 is 29.7 Å². The molecule has 2 rings (SSSR count). The molecule has 0 aliphatic heterocycles. The second kappa shape index (κ2) is 7.53. The molecule has 21 heavy (non-hydrogen) atoms. The molecule has 0 unspecified atom stereocenters. The molecule has 0 radical (unpaired) electrons. The van der Waals surface area contributed by atoms with Gasteiger partial charge in [0.15, 0.2) is 0 Å². The van der Waals surface area contributed by atoms with Crippen molar-refractivity contribution in [1.82, 2.24) is 15.5 Å². The molecule has 2 aromatic heterocycles. The van der Waals surface area contributed by atoms with E-state index in [1.807, 2.05) is 30.7 Å². The molecule has 0 saturated carbocycles. The first-order valence-corrected chi connectivity index (χ1v) is 7.31. The Hall–Kier alpha value is -1.44. The van der Waals surface area contributed by atoms with Gasteiger partial charge >= 0.3 is 0 Å². The molecule has 116 valence electrons. The highest BCUT2D eigenvalue weighted by Gasteiger charge is 2.18. The van der Waals surface area contributed by atoms with Crippen LogP contribution in [0.4, 0.5) is 0 Å². The summed E-state index contributed by atoms with van der Waals surface area (Å²) in [7, 11) is 0. The van der Waals surface area contributed by atoms with Gasteiger partial charge in [0.05, 0.1) is 0 Å². The molecule has 0 spiro atoms. The van der Waals surface area contributed by atoms with Crippen LogP contribution < -0.4 is 11.1 Å². The van der Waals surface area contributed by atoms with Crippen molar-refractivity contribution < 1.29 is 9.32 Å². The average Bonchev–Trinajstić information content (AvgIpc) is 3.06. The van der Waals surface area contributed by atoms with Crippen molar-refractivity contribution in [1.29, 1.82) is 0 Å². The van der Waals surface area contributed by atoms with Crippen molar-refractivity contribution in [2.45, 2.75) is 32.2 Å². The van der Waals surface area contributed by atoms with Crippen LogP contribution in [0.5, 0.6) is 0 Å². The van der Waals surface area contributed by atoms with Gasteiger partial charge in [-0.3, -0.25) is 4.79 Å². The fraction of sp³-hybridized carbons (Fsp3) is 0.462. The van der Waals surface area contributed by atoms with E-state index in [2.05, 4.69) is 15.5 Å². The third-order valence-electron chi connectivity index (χ3n) is 2.80. The molecule has 0 bridgehead atoms. The van der Waals surface area contributed by atoms with E-state index < -0.39 is 5.54 Å². The third kappa shape index (κ3) is 5.11. The van der Waals surface area contributed by atoms with E-state index >= 15 is 0 Å². The van der Waals surface area contributed by atoms with Crippen LogP contribution in [0.3, 0.4) is 0 Å². The van der Waals surface area contributed by atoms with Gasteiger partial charge in [0, 0.05) is 35.9 Å². The Morgan fingerprint density at radius 3 is 2.90 bits per heavy atom. The molecule has 3 N–H and O–H groups in total. The zero-order valence-electron chi connectivity index (χ0n) is 12.0. The number of hydrogen-bond donors (Lipinski definition) is 2.